The molecule has 1 aromatic carbocycles. The van der Waals surface area contributed by atoms with Gasteiger partial charge in [-0.15, -0.1) is 0 Å². The van der Waals surface area contributed by atoms with Crippen LogP contribution in [-0.2, 0) is 4.79 Å². The third-order valence-corrected chi connectivity index (χ3v) is 6.04. The van der Waals surface area contributed by atoms with Crippen LogP contribution in [0.5, 0.6) is 0 Å². The molecule has 0 aromatic heterocycles. The zero-order valence-corrected chi connectivity index (χ0v) is 17.5. The monoisotopic (exact) mass is 399 g/mol. The highest BCUT2D eigenvalue weighted by atomic mass is 16.3. The van der Waals surface area contributed by atoms with E-state index >= 15 is 0 Å². The highest BCUT2D eigenvalue weighted by Crippen LogP contribution is 2.41. The third kappa shape index (κ3) is 4.64. The Balaban J connectivity index is 1.75. The molecule has 0 saturated carbocycles. The zero-order chi connectivity index (χ0) is 20.8. The maximum absolute atomic E-state index is 12.5. The van der Waals surface area contributed by atoms with E-state index in [4.69, 9.17) is 0 Å². The van der Waals surface area contributed by atoms with E-state index in [1.165, 1.54) is 17.6 Å². The van der Waals surface area contributed by atoms with Crippen LogP contribution in [0, 0.1) is 0 Å². The van der Waals surface area contributed by atoms with E-state index < -0.39 is 0 Å². The van der Waals surface area contributed by atoms with Gasteiger partial charge >= 0.3 is 6.03 Å². The van der Waals surface area contributed by atoms with Crippen molar-refractivity contribution in [2.24, 2.45) is 0 Å². The van der Waals surface area contributed by atoms with Crippen LogP contribution in [0.25, 0.3) is 5.57 Å². The Labute approximate surface area is 173 Å². The van der Waals surface area contributed by atoms with Crippen LogP contribution < -0.4 is 10.6 Å². The Bertz CT molecular complexity index is 744. The number of carbonyl (C=O) groups excluding carboxylic acids is 2. The van der Waals surface area contributed by atoms with E-state index in [-0.39, 0.29) is 36.5 Å². The van der Waals surface area contributed by atoms with Crippen LogP contribution in [0.2, 0.25) is 0 Å². The Morgan fingerprint density at radius 1 is 1.14 bits per heavy atom. The number of urea groups is 1. The summed E-state index contributed by atoms with van der Waals surface area (Å²) in [5.74, 6) is 0.0161. The molecule has 1 aliphatic carbocycles. The first kappa shape index (κ1) is 21.4. The molecule has 2 aliphatic rings. The smallest absolute Gasteiger partial charge is 0.314 e. The van der Waals surface area contributed by atoms with Gasteiger partial charge in [0.2, 0.25) is 5.91 Å². The van der Waals surface area contributed by atoms with Gasteiger partial charge in [0.05, 0.1) is 18.7 Å². The van der Waals surface area contributed by atoms with Gasteiger partial charge in [-0.05, 0) is 42.4 Å². The van der Waals surface area contributed by atoms with Crippen molar-refractivity contribution >= 4 is 17.5 Å². The Morgan fingerprint density at radius 2 is 1.90 bits per heavy atom. The first-order valence-corrected chi connectivity index (χ1v) is 10.8. The summed E-state index contributed by atoms with van der Waals surface area (Å²) in [6.07, 6.45) is 7.05. The fourth-order valence-corrected chi connectivity index (χ4v) is 4.52. The highest BCUT2D eigenvalue weighted by molar-refractivity contribution is 5.79. The van der Waals surface area contributed by atoms with Crippen LogP contribution in [0.1, 0.15) is 63.0 Å². The van der Waals surface area contributed by atoms with Gasteiger partial charge in [0, 0.05) is 25.4 Å². The van der Waals surface area contributed by atoms with Crippen molar-refractivity contribution in [3.63, 3.8) is 0 Å². The van der Waals surface area contributed by atoms with Crippen molar-refractivity contribution in [2.45, 2.75) is 64.0 Å². The van der Waals surface area contributed by atoms with Crippen LogP contribution in [0.4, 0.5) is 4.79 Å². The zero-order valence-electron chi connectivity index (χ0n) is 17.5. The molecule has 6 heteroatoms. The number of aliphatic hydroxyl groups is 1. The molecular weight excluding hydrogens is 366 g/mol. The van der Waals surface area contributed by atoms with E-state index in [1.807, 2.05) is 13.8 Å². The third-order valence-electron chi connectivity index (χ3n) is 6.04. The molecule has 1 saturated heterocycles. The quantitative estimate of drug-likeness (QED) is 0.628. The lowest BCUT2D eigenvalue weighted by Crippen LogP contribution is -2.68. The Hall–Kier alpha value is -2.34. The van der Waals surface area contributed by atoms with Gasteiger partial charge in [0.15, 0.2) is 0 Å². The number of nitrogens with zero attached hydrogens (tertiary/aromatic N) is 1. The number of hydrogen-bond acceptors (Lipinski definition) is 3. The van der Waals surface area contributed by atoms with Gasteiger partial charge in [0.1, 0.15) is 0 Å². The molecule has 3 atom stereocenters. The van der Waals surface area contributed by atoms with Gasteiger partial charge in [-0.25, -0.2) is 4.79 Å². The number of amides is 3. The number of rotatable bonds is 8. The average Bonchev–Trinajstić information content (AvgIpc) is 3.26. The van der Waals surface area contributed by atoms with E-state index in [1.54, 1.807) is 4.90 Å². The minimum absolute atomic E-state index is 0.00795. The SMILES string of the molecule is CCCNC(=O)NC[C@H]1[C@@H](c2ccc(C3=CCCC3)cc2)[C@@H](CO)N1C(=O)CC. The van der Waals surface area contributed by atoms with Gasteiger partial charge in [-0.3, -0.25) is 4.79 Å². The second-order valence-electron chi connectivity index (χ2n) is 7.88. The molecule has 158 valence electrons. The van der Waals surface area contributed by atoms with E-state index in [0.29, 0.717) is 19.5 Å². The molecule has 29 heavy (non-hydrogen) atoms. The molecule has 1 aromatic rings. The number of carbonyl (C=O) groups is 2. The molecule has 6 nitrogen and oxygen atoms in total. The summed E-state index contributed by atoms with van der Waals surface area (Å²) in [5.41, 5.74) is 3.76. The molecule has 0 unspecified atom stereocenters. The predicted octanol–water partition coefficient (Wildman–Crippen LogP) is 3.03. The van der Waals surface area contributed by atoms with Gasteiger partial charge in [-0.1, -0.05) is 44.2 Å². The molecule has 3 N–H and O–H groups in total. The maximum Gasteiger partial charge on any atom is 0.314 e. The lowest BCUT2D eigenvalue weighted by atomic mass is 9.74. The summed E-state index contributed by atoms with van der Waals surface area (Å²) in [4.78, 5) is 26.2. The summed E-state index contributed by atoms with van der Waals surface area (Å²) in [7, 11) is 0. The minimum Gasteiger partial charge on any atom is -0.394 e. The standard InChI is InChI=1S/C23H33N3O3/c1-3-13-24-23(29)25-14-19-22(20(15-27)26(19)21(28)4-2)18-11-9-17(10-12-18)16-7-5-6-8-16/h7,9-12,19-20,22,27H,3-6,8,13-15H2,1-2H3,(H2,24,25,29)/t19-,20+,22+/m0/s1. The number of nitrogens with one attached hydrogen (secondary N) is 2. The molecular formula is C23H33N3O3. The van der Waals surface area contributed by atoms with Gasteiger partial charge in [-0.2, -0.15) is 0 Å². The minimum atomic E-state index is -0.246. The van der Waals surface area contributed by atoms with Gasteiger partial charge in [0.25, 0.3) is 0 Å². The van der Waals surface area contributed by atoms with E-state index in [9.17, 15) is 14.7 Å². The van der Waals surface area contributed by atoms with Crippen LogP contribution >= 0.6 is 0 Å². The highest BCUT2D eigenvalue weighted by Gasteiger charge is 2.50. The van der Waals surface area contributed by atoms with E-state index in [2.05, 4.69) is 41.0 Å². The van der Waals surface area contributed by atoms with E-state index in [0.717, 1.165) is 24.8 Å². The summed E-state index contributed by atoms with van der Waals surface area (Å²) in [6.45, 7) is 4.74. The largest absolute Gasteiger partial charge is 0.394 e. The maximum atomic E-state index is 12.5. The Morgan fingerprint density at radius 3 is 2.48 bits per heavy atom. The summed E-state index contributed by atoms with van der Waals surface area (Å²) in [5, 5.41) is 15.7. The molecule has 1 heterocycles. The number of benzene rings is 1. The molecule has 1 fully saturated rings. The second-order valence-corrected chi connectivity index (χ2v) is 7.88. The number of hydrogen-bond donors (Lipinski definition) is 3. The molecule has 0 radical (unpaired) electrons. The Kier molecular flexibility index (Phi) is 7.31. The normalized spacial score (nSPS) is 23.3. The second kappa shape index (κ2) is 9.92. The van der Waals surface area contributed by atoms with Crippen molar-refractivity contribution in [3.8, 4) is 0 Å². The van der Waals surface area contributed by atoms with Gasteiger partial charge < -0.3 is 20.6 Å². The lowest BCUT2D eigenvalue weighted by molar-refractivity contribution is -0.149. The van der Waals surface area contributed by atoms with Crippen LogP contribution in [0.3, 0.4) is 0 Å². The number of likely N-dealkylation sites (tertiary alicyclic amines) is 1. The fraction of sp³-hybridized carbons (Fsp3) is 0.565. The summed E-state index contributed by atoms with van der Waals surface area (Å²) < 4.78 is 0. The molecule has 3 amide bonds. The molecule has 0 spiro atoms. The van der Waals surface area contributed by atoms with Crippen molar-refractivity contribution < 1.29 is 14.7 Å². The van der Waals surface area contributed by atoms with Crippen molar-refractivity contribution in [1.29, 1.82) is 0 Å². The molecule has 3 rings (SSSR count). The topological polar surface area (TPSA) is 81.7 Å². The van der Waals surface area contributed by atoms with Crippen molar-refractivity contribution in [2.75, 3.05) is 19.7 Å². The van der Waals surface area contributed by atoms with Crippen molar-refractivity contribution in [1.82, 2.24) is 15.5 Å². The summed E-state index contributed by atoms with van der Waals surface area (Å²) >= 11 is 0. The first-order valence-electron chi connectivity index (χ1n) is 10.8. The number of allylic oxidation sites excluding steroid dienone is 2. The fourth-order valence-electron chi connectivity index (χ4n) is 4.52. The van der Waals surface area contributed by atoms with Crippen LogP contribution in [0.15, 0.2) is 30.3 Å². The first-order chi connectivity index (χ1) is 14.1. The van der Waals surface area contributed by atoms with Crippen molar-refractivity contribution in [3.05, 3.63) is 41.5 Å². The van der Waals surface area contributed by atoms with Crippen LogP contribution in [-0.4, -0.2) is 53.7 Å². The molecule has 1 aliphatic heterocycles. The summed E-state index contributed by atoms with van der Waals surface area (Å²) in [6, 6.07) is 7.89. The average molecular weight is 400 g/mol. The molecule has 0 bridgehead atoms. The predicted molar refractivity (Wildman–Crippen MR) is 115 cm³/mol. The lowest BCUT2D eigenvalue weighted by Gasteiger charge is -2.55. The number of aliphatic hydroxyl groups excluding tert-OH is 1.